The molecule has 1 amide bonds. The van der Waals surface area contributed by atoms with Crippen LogP contribution in [0.15, 0.2) is 0 Å². The van der Waals surface area contributed by atoms with Crippen LogP contribution in [0.1, 0.15) is 26.7 Å². The van der Waals surface area contributed by atoms with Gasteiger partial charge in [-0.1, -0.05) is 13.8 Å². The largest absolute Gasteiger partial charge is 0.334 e. The fourth-order valence-electron chi connectivity index (χ4n) is 2.27. The summed E-state index contributed by atoms with van der Waals surface area (Å²) in [5.74, 6) is 0.577. The highest BCUT2D eigenvalue weighted by Gasteiger charge is 2.44. The molecule has 0 aromatic rings. The molecule has 3 atom stereocenters. The Bertz CT molecular complexity index is 203. The van der Waals surface area contributed by atoms with Gasteiger partial charge in [-0.3, -0.25) is 4.79 Å². The van der Waals surface area contributed by atoms with Gasteiger partial charge in [0, 0.05) is 31.1 Å². The molecule has 0 aromatic heterocycles. The lowest BCUT2D eigenvalue weighted by molar-refractivity contribution is -0.151. The lowest BCUT2D eigenvalue weighted by atomic mass is 9.87. The summed E-state index contributed by atoms with van der Waals surface area (Å²) in [6.45, 7) is 6.11. The standard InChI is InChI=1S/C10H18N2O/c1-3-7(2)10(13)12-8-4-9(12)6-11-5-8/h7-9,11H,3-6H2,1-2H3. The highest BCUT2D eigenvalue weighted by molar-refractivity contribution is 5.80. The van der Waals surface area contributed by atoms with Gasteiger partial charge in [-0.05, 0) is 12.8 Å². The average Bonchev–Trinajstić information content (AvgIpc) is 2.17. The molecule has 13 heavy (non-hydrogen) atoms. The maximum Gasteiger partial charge on any atom is 0.225 e. The van der Waals surface area contributed by atoms with Crippen LogP contribution in [-0.4, -0.2) is 36.0 Å². The van der Waals surface area contributed by atoms with E-state index in [1.807, 2.05) is 6.92 Å². The van der Waals surface area contributed by atoms with Crippen LogP contribution in [0.25, 0.3) is 0 Å². The van der Waals surface area contributed by atoms with Gasteiger partial charge in [0.15, 0.2) is 0 Å². The van der Waals surface area contributed by atoms with E-state index in [1.54, 1.807) is 0 Å². The van der Waals surface area contributed by atoms with Crippen molar-refractivity contribution in [1.82, 2.24) is 10.2 Å². The maximum absolute atomic E-state index is 11.9. The minimum absolute atomic E-state index is 0.211. The Morgan fingerprint density at radius 2 is 2.15 bits per heavy atom. The van der Waals surface area contributed by atoms with Gasteiger partial charge in [-0.25, -0.2) is 0 Å². The van der Waals surface area contributed by atoms with E-state index in [0.717, 1.165) is 19.5 Å². The quantitative estimate of drug-likeness (QED) is 0.678. The van der Waals surface area contributed by atoms with Crippen LogP contribution in [0.5, 0.6) is 0 Å². The highest BCUT2D eigenvalue weighted by Crippen LogP contribution is 2.30. The summed E-state index contributed by atoms with van der Waals surface area (Å²) in [6.07, 6.45) is 2.18. The molecule has 3 heterocycles. The molecule has 3 heteroatoms. The molecular formula is C10H18N2O. The summed E-state index contributed by atoms with van der Waals surface area (Å²) in [4.78, 5) is 14.0. The van der Waals surface area contributed by atoms with Gasteiger partial charge >= 0.3 is 0 Å². The topological polar surface area (TPSA) is 32.3 Å². The molecule has 0 spiro atoms. The number of hydrogen-bond donors (Lipinski definition) is 1. The van der Waals surface area contributed by atoms with Gasteiger partial charge in [-0.2, -0.15) is 0 Å². The van der Waals surface area contributed by atoms with Gasteiger partial charge in [0.25, 0.3) is 0 Å². The summed E-state index contributed by atoms with van der Waals surface area (Å²) in [5.41, 5.74) is 0. The van der Waals surface area contributed by atoms with E-state index in [9.17, 15) is 4.79 Å². The zero-order valence-corrected chi connectivity index (χ0v) is 8.42. The first-order valence-electron chi connectivity index (χ1n) is 5.27. The smallest absolute Gasteiger partial charge is 0.225 e. The Morgan fingerprint density at radius 1 is 1.54 bits per heavy atom. The molecule has 0 radical (unpaired) electrons. The van der Waals surface area contributed by atoms with Crippen LogP contribution in [0.4, 0.5) is 0 Å². The van der Waals surface area contributed by atoms with E-state index in [0.29, 0.717) is 18.0 Å². The maximum atomic E-state index is 11.9. The van der Waals surface area contributed by atoms with Crippen molar-refractivity contribution in [3.63, 3.8) is 0 Å². The van der Waals surface area contributed by atoms with Crippen LogP contribution >= 0.6 is 0 Å². The molecule has 3 aliphatic heterocycles. The summed E-state index contributed by atoms with van der Waals surface area (Å²) >= 11 is 0. The molecule has 3 saturated heterocycles. The normalized spacial score (nSPS) is 33.8. The van der Waals surface area contributed by atoms with Crippen LogP contribution in [-0.2, 0) is 4.79 Å². The number of carbonyl (C=O) groups is 1. The molecule has 3 nitrogen and oxygen atoms in total. The molecule has 3 fully saturated rings. The number of carbonyl (C=O) groups excluding carboxylic acids is 1. The third-order valence-electron chi connectivity index (χ3n) is 3.38. The molecule has 1 N–H and O–H groups in total. The Balaban J connectivity index is 1.98. The average molecular weight is 182 g/mol. The Morgan fingerprint density at radius 3 is 2.62 bits per heavy atom. The Kier molecular flexibility index (Phi) is 2.28. The van der Waals surface area contributed by atoms with Crippen molar-refractivity contribution < 1.29 is 4.79 Å². The second-order valence-electron chi connectivity index (χ2n) is 4.26. The lowest BCUT2D eigenvalue weighted by Crippen LogP contribution is -2.70. The lowest BCUT2D eigenvalue weighted by Gasteiger charge is -2.53. The summed E-state index contributed by atoms with van der Waals surface area (Å²) in [6, 6.07) is 1.00. The van der Waals surface area contributed by atoms with Gasteiger partial charge < -0.3 is 10.2 Å². The first kappa shape index (κ1) is 9.00. The fraction of sp³-hybridized carbons (Fsp3) is 0.900. The summed E-state index contributed by atoms with van der Waals surface area (Å²) in [7, 11) is 0. The van der Waals surface area contributed by atoms with Crippen molar-refractivity contribution in [3.05, 3.63) is 0 Å². The predicted octanol–water partition coefficient (Wildman–Crippen LogP) is 0.605. The van der Waals surface area contributed by atoms with Crippen molar-refractivity contribution in [1.29, 1.82) is 0 Å². The van der Waals surface area contributed by atoms with Gasteiger partial charge in [-0.15, -0.1) is 0 Å². The van der Waals surface area contributed by atoms with Crippen molar-refractivity contribution in [2.24, 2.45) is 5.92 Å². The van der Waals surface area contributed by atoms with E-state index in [4.69, 9.17) is 0 Å². The molecular weight excluding hydrogens is 164 g/mol. The number of fused-ring (bicyclic) bond motifs is 2. The molecule has 0 aromatic carbocycles. The fourth-order valence-corrected chi connectivity index (χ4v) is 2.27. The van der Waals surface area contributed by atoms with Crippen molar-refractivity contribution in [2.45, 2.75) is 38.8 Å². The SMILES string of the molecule is CCC(C)C(=O)N1C2CNCC1C2. The minimum atomic E-state index is 0.211. The molecule has 3 unspecified atom stereocenters. The number of amides is 1. The number of piperazine rings is 1. The van der Waals surface area contributed by atoms with Crippen molar-refractivity contribution in [3.8, 4) is 0 Å². The molecule has 0 saturated carbocycles. The van der Waals surface area contributed by atoms with Gasteiger partial charge in [0.1, 0.15) is 0 Å². The van der Waals surface area contributed by atoms with E-state index in [2.05, 4.69) is 17.1 Å². The van der Waals surface area contributed by atoms with Gasteiger partial charge in [0.2, 0.25) is 5.91 Å². The molecule has 3 rings (SSSR count). The predicted molar refractivity (Wildman–Crippen MR) is 51.4 cm³/mol. The van der Waals surface area contributed by atoms with E-state index in [-0.39, 0.29) is 5.92 Å². The van der Waals surface area contributed by atoms with E-state index in [1.165, 1.54) is 6.42 Å². The first-order valence-corrected chi connectivity index (χ1v) is 5.27. The first-order chi connectivity index (χ1) is 6.24. The number of piperidine rings is 1. The zero-order chi connectivity index (χ0) is 9.42. The third-order valence-corrected chi connectivity index (χ3v) is 3.38. The Hall–Kier alpha value is -0.570. The van der Waals surface area contributed by atoms with Crippen molar-refractivity contribution in [2.75, 3.05) is 13.1 Å². The number of hydrogen-bond acceptors (Lipinski definition) is 2. The molecule has 0 aliphatic carbocycles. The Labute approximate surface area is 79.5 Å². The van der Waals surface area contributed by atoms with Crippen LogP contribution in [0.2, 0.25) is 0 Å². The van der Waals surface area contributed by atoms with Crippen molar-refractivity contribution >= 4 is 5.91 Å². The van der Waals surface area contributed by atoms with E-state index >= 15 is 0 Å². The number of nitrogens with zero attached hydrogens (tertiary/aromatic N) is 1. The van der Waals surface area contributed by atoms with Crippen LogP contribution in [0, 0.1) is 5.92 Å². The van der Waals surface area contributed by atoms with E-state index < -0.39 is 0 Å². The van der Waals surface area contributed by atoms with Crippen LogP contribution < -0.4 is 5.32 Å². The number of nitrogens with one attached hydrogen (secondary N) is 1. The highest BCUT2D eigenvalue weighted by atomic mass is 16.2. The summed E-state index contributed by atoms with van der Waals surface area (Å²) < 4.78 is 0. The summed E-state index contributed by atoms with van der Waals surface area (Å²) in [5, 5.41) is 3.33. The second kappa shape index (κ2) is 3.29. The number of rotatable bonds is 2. The second-order valence-corrected chi connectivity index (χ2v) is 4.26. The zero-order valence-electron chi connectivity index (χ0n) is 8.42. The molecule has 3 aliphatic rings. The molecule has 74 valence electrons. The molecule has 2 bridgehead atoms. The van der Waals surface area contributed by atoms with Crippen LogP contribution in [0.3, 0.4) is 0 Å². The minimum Gasteiger partial charge on any atom is -0.334 e. The monoisotopic (exact) mass is 182 g/mol. The van der Waals surface area contributed by atoms with Gasteiger partial charge in [0.05, 0.1) is 0 Å². The third kappa shape index (κ3) is 1.35.